The van der Waals surface area contributed by atoms with E-state index in [0.717, 1.165) is 12.3 Å². The van der Waals surface area contributed by atoms with Gasteiger partial charge in [-0.2, -0.15) is 8.78 Å². The summed E-state index contributed by atoms with van der Waals surface area (Å²) >= 11 is 0. The predicted octanol–water partition coefficient (Wildman–Crippen LogP) is 4.98. The van der Waals surface area contributed by atoms with Crippen LogP contribution in [0.5, 0.6) is 11.5 Å². The highest BCUT2D eigenvalue weighted by atomic mass is 19.2. The molecule has 2 fully saturated rings. The second kappa shape index (κ2) is 6.90. The molecule has 0 radical (unpaired) electrons. The minimum Gasteiger partial charge on any atom is -0.494 e. The molecule has 1 aromatic carbocycles. The summed E-state index contributed by atoms with van der Waals surface area (Å²) in [6.45, 7) is 2.54. The van der Waals surface area contributed by atoms with E-state index in [-0.39, 0.29) is 11.5 Å². The number of methoxy groups -OCH3 is 1. The highest BCUT2D eigenvalue weighted by Gasteiger charge is 2.43. The molecule has 0 bridgehead atoms. The lowest BCUT2D eigenvalue weighted by molar-refractivity contribution is 0.196. The summed E-state index contributed by atoms with van der Waals surface area (Å²) in [6.07, 6.45) is 9.25. The second-order valence-corrected chi connectivity index (χ2v) is 6.64. The van der Waals surface area contributed by atoms with Crippen LogP contribution in [0.3, 0.4) is 0 Å². The van der Waals surface area contributed by atoms with E-state index >= 15 is 0 Å². The third kappa shape index (κ3) is 3.08. The maximum absolute atomic E-state index is 14.0. The first kappa shape index (κ1) is 16.3. The van der Waals surface area contributed by atoms with E-state index in [4.69, 9.17) is 9.47 Å². The molecule has 2 nitrogen and oxygen atoms in total. The van der Waals surface area contributed by atoms with Gasteiger partial charge in [0.25, 0.3) is 0 Å². The maximum Gasteiger partial charge on any atom is 0.204 e. The second-order valence-electron chi connectivity index (χ2n) is 6.64. The molecule has 23 heavy (non-hydrogen) atoms. The van der Waals surface area contributed by atoms with Crippen molar-refractivity contribution in [3.05, 3.63) is 35.9 Å². The first-order valence-corrected chi connectivity index (χ1v) is 8.43. The molecule has 0 amide bonds. The molecular formula is C19H24F2O2. The van der Waals surface area contributed by atoms with E-state index in [1.54, 1.807) is 0 Å². The fourth-order valence-corrected chi connectivity index (χ4v) is 4.44. The normalized spacial score (nSPS) is 29.9. The number of fused-ring (bicyclic) bond motifs is 1. The molecule has 4 atom stereocenters. The number of benzene rings is 1. The van der Waals surface area contributed by atoms with Crippen LogP contribution in [0.1, 0.15) is 32.6 Å². The van der Waals surface area contributed by atoms with Gasteiger partial charge < -0.3 is 9.47 Å². The Bertz CT molecular complexity index is 585. The number of ether oxygens (including phenoxy) is 2. The Labute approximate surface area is 136 Å². The van der Waals surface area contributed by atoms with Gasteiger partial charge in [-0.1, -0.05) is 12.2 Å². The molecule has 0 spiro atoms. The molecule has 126 valence electrons. The SMILES string of the molecule is CC=CC1CCC2C(COc3ccc(OC)c(F)c3F)CCC12. The molecule has 0 saturated heterocycles. The van der Waals surface area contributed by atoms with Crippen LogP contribution in [-0.2, 0) is 0 Å². The summed E-state index contributed by atoms with van der Waals surface area (Å²) in [5, 5.41) is 0. The van der Waals surface area contributed by atoms with Crippen LogP contribution in [0.25, 0.3) is 0 Å². The van der Waals surface area contributed by atoms with Gasteiger partial charge in [-0.05, 0) is 68.4 Å². The Morgan fingerprint density at radius 1 is 1.04 bits per heavy atom. The van der Waals surface area contributed by atoms with Crippen LogP contribution in [0, 0.1) is 35.3 Å². The van der Waals surface area contributed by atoms with Crippen LogP contribution in [0.15, 0.2) is 24.3 Å². The standard InChI is InChI=1S/C19H24F2O2/c1-3-4-12-5-7-15-13(6-8-14(12)15)11-23-17-10-9-16(22-2)18(20)19(17)21/h3-4,9-10,12-15H,5-8,11H2,1-2H3. The van der Waals surface area contributed by atoms with Crippen LogP contribution < -0.4 is 9.47 Å². The largest absolute Gasteiger partial charge is 0.494 e. The van der Waals surface area contributed by atoms with E-state index in [0.29, 0.717) is 24.4 Å². The first-order chi connectivity index (χ1) is 11.2. The van der Waals surface area contributed by atoms with Crippen molar-refractivity contribution in [1.29, 1.82) is 0 Å². The molecule has 2 saturated carbocycles. The number of allylic oxidation sites excluding steroid dienone is 2. The molecule has 4 unspecified atom stereocenters. The summed E-state index contributed by atoms with van der Waals surface area (Å²) < 4.78 is 38.1. The van der Waals surface area contributed by atoms with Gasteiger partial charge in [-0.3, -0.25) is 0 Å². The van der Waals surface area contributed by atoms with Gasteiger partial charge in [0.2, 0.25) is 11.6 Å². The van der Waals surface area contributed by atoms with Gasteiger partial charge in [-0.25, -0.2) is 0 Å². The van der Waals surface area contributed by atoms with Gasteiger partial charge in [0.15, 0.2) is 11.5 Å². The van der Waals surface area contributed by atoms with E-state index in [9.17, 15) is 8.78 Å². The van der Waals surface area contributed by atoms with Crippen molar-refractivity contribution in [2.24, 2.45) is 23.7 Å². The minimum atomic E-state index is -0.983. The van der Waals surface area contributed by atoms with Gasteiger partial charge in [0, 0.05) is 0 Å². The molecule has 1 aromatic rings. The molecule has 0 aromatic heterocycles. The lowest BCUT2D eigenvalue weighted by Gasteiger charge is -2.20. The van der Waals surface area contributed by atoms with E-state index in [2.05, 4.69) is 19.1 Å². The van der Waals surface area contributed by atoms with Crippen LogP contribution >= 0.6 is 0 Å². The van der Waals surface area contributed by atoms with E-state index < -0.39 is 11.6 Å². The van der Waals surface area contributed by atoms with E-state index in [1.165, 1.54) is 38.5 Å². The maximum atomic E-state index is 14.0. The van der Waals surface area contributed by atoms with Gasteiger partial charge >= 0.3 is 0 Å². The fourth-order valence-electron chi connectivity index (χ4n) is 4.44. The number of hydrogen-bond donors (Lipinski definition) is 0. The molecule has 0 N–H and O–H groups in total. The van der Waals surface area contributed by atoms with Crippen molar-refractivity contribution >= 4 is 0 Å². The quantitative estimate of drug-likeness (QED) is 0.712. The average Bonchev–Trinajstić information content (AvgIpc) is 3.13. The third-order valence-corrected chi connectivity index (χ3v) is 5.53. The predicted molar refractivity (Wildman–Crippen MR) is 85.6 cm³/mol. The number of hydrogen-bond acceptors (Lipinski definition) is 2. The summed E-state index contributed by atoms with van der Waals surface area (Å²) in [7, 11) is 1.32. The lowest BCUT2D eigenvalue weighted by atomic mass is 9.89. The van der Waals surface area contributed by atoms with Crippen LogP contribution in [-0.4, -0.2) is 13.7 Å². The number of halogens is 2. The monoisotopic (exact) mass is 322 g/mol. The highest BCUT2D eigenvalue weighted by molar-refractivity contribution is 5.34. The van der Waals surface area contributed by atoms with Crippen molar-refractivity contribution in [2.75, 3.05) is 13.7 Å². The topological polar surface area (TPSA) is 18.5 Å². The Morgan fingerprint density at radius 2 is 1.74 bits per heavy atom. The van der Waals surface area contributed by atoms with Gasteiger partial charge in [0.1, 0.15) is 0 Å². The molecule has 0 heterocycles. The Balaban J connectivity index is 1.63. The molecule has 0 aliphatic heterocycles. The molecule has 4 heteroatoms. The van der Waals surface area contributed by atoms with Crippen molar-refractivity contribution in [3.8, 4) is 11.5 Å². The van der Waals surface area contributed by atoms with Crippen LogP contribution in [0.4, 0.5) is 8.78 Å². The molecule has 2 aliphatic rings. The van der Waals surface area contributed by atoms with Gasteiger partial charge in [0.05, 0.1) is 13.7 Å². The number of rotatable bonds is 5. The summed E-state index contributed by atoms with van der Waals surface area (Å²) in [6, 6.07) is 2.85. The Kier molecular flexibility index (Phi) is 4.88. The van der Waals surface area contributed by atoms with E-state index in [1.807, 2.05) is 0 Å². The zero-order chi connectivity index (χ0) is 16.4. The first-order valence-electron chi connectivity index (χ1n) is 8.43. The smallest absolute Gasteiger partial charge is 0.204 e. The summed E-state index contributed by atoms with van der Waals surface area (Å²) in [4.78, 5) is 0. The van der Waals surface area contributed by atoms with Crippen LogP contribution in [0.2, 0.25) is 0 Å². The van der Waals surface area contributed by atoms with Crippen molar-refractivity contribution < 1.29 is 18.3 Å². The Hall–Kier alpha value is -1.58. The zero-order valence-electron chi connectivity index (χ0n) is 13.7. The van der Waals surface area contributed by atoms with Crippen molar-refractivity contribution in [2.45, 2.75) is 32.6 Å². The molecular weight excluding hydrogens is 298 g/mol. The Morgan fingerprint density at radius 3 is 2.48 bits per heavy atom. The average molecular weight is 322 g/mol. The third-order valence-electron chi connectivity index (χ3n) is 5.53. The summed E-state index contributed by atoms with van der Waals surface area (Å²) in [5.41, 5.74) is 0. The highest BCUT2D eigenvalue weighted by Crippen LogP contribution is 2.51. The zero-order valence-corrected chi connectivity index (χ0v) is 13.7. The van der Waals surface area contributed by atoms with Crippen molar-refractivity contribution in [3.63, 3.8) is 0 Å². The molecule has 3 rings (SSSR count). The van der Waals surface area contributed by atoms with Gasteiger partial charge in [-0.15, -0.1) is 0 Å². The lowest BCUT2D eigenvalue weighted by Crippen LogP contribution is -2.18. The fraction of sp³-hybridized carbons (Fsp3) is 0.579. The van der Waals surface area contributed by atoms with Crippen molar-refractivity contribution in [1.82, 2.24) is 0 Å². The minimum absolute atomic E-state index is 0.0187. The summed E-state index contributed by atoms with van der Waals surface area (Å²) in [5.74, 6) is 0.459. The molecule has 2 aliphatic carbocycles.